The van der Waals surface area contributed by atoms with Crippen LogP contribution in [0.1, 0.15) is 63.0 Å². The third-order valence-electron chi connectivity index (χ3n) is 2.25. The second-order valence-electron chi connectivity index (χ2n) is 3.32. The van der Waals surface area contributed by atoms with Crippen LogP contribution in [0, 0.1) is 6.92 Å². The molecule has 1 heterocycles. The molecule has 0 fully saturated rings. The summed E-state index contributed by atoms with van der Waals surface area (Å²) in [4.78, 5) is 13.2. The first kappa shape index (κ1) is 19.0. The molecule has 2 nitrogen and oxygen atoms in total. The zero-order valence-electron chi connectivity index (χ0n) is 13.3. The molecule has 18 heavy (non-hydrogen) atoms. The van der Waals surface area contributed by atoms with Gasteiger partial charge in [0.2, 0.25) is 0 Å². The molecular weight excluding hydrogens is 222 g/mol. The van der Waals surface area contributed by atoms with E-state index in [2.05, 4.69) is 6.07 Å². The van der Waals surface area contributed by atoms with Crippen LogP contribution in [0.25, 0.3) is 0 Å². The molecule has 1 aliphatic rings. The molecule has 2 heteroatoms. The number of hydrogen-bond acceptors (Lipinski definition) is 1. The van der Waals surface area contributed by atoms with Gasteiger partial charge in [0, 0.05) is 19.2 Å². The lowest BCUT2D eigenvalue weighted by Gasteiger charge is -2.04. The van der Waals surface area contributed by atoms with Crippen molar-refractivity contribution in [2.24, 2.45) is 0 Å². The van der Waals surface area contributed by atoms with E-state index in [1.807, 2.05) is 67.6 Å². The molecule has 1 aromatic rings. The molecule has 1 amide bonds. The highest BCUT2D eigenvalue weighted by Crippen LogP contribution is 2.21. The van der Waals surface area contributed by atoms with Crippen molar-refractivity contribution in [2.75, 3.05) is 7.05 Å². The minimum Gasteiger partial charge on any atom is -0.337 e. The highest BCUT2D eigenvalue weighted by molar-refractivity contribution is 5.98. The molecule has 0 unspecified atom stereocenters. The highest BCUT2D eigenvalue weighted by atomic mass is 16.2. The molecule has 0 saturated carbocycles. The van der Waals surface area contributed by atoms with Crippen LogP contribution in [0.3, 0.4) is 0 Å². The standard InChI is InChI=1S/C10H11NO.3C2H6/c1-7-3-4-9-8(5-7)6-11(2)10(9)12;3*1-2/h3-5H,6H2,1-2H3;3*1-2H3. The van der Waals surface area contributed by atoms with Gasteiger partial charge in [-0.1, -0.05) is 59.2 Å². The number of benzene rings is 1. The van der Waals surface area contributed by atoms with Crippen molar-refractivity contribution in [3.63, 3.8) is 0 Å². The van der Waals surface area contributed by atoms with Gasteiger partial charge in [-0.3, -0.25) is 4.79 Å². The summed E-state index contributed by atoms with van der Waals surface area (Å²) in [7, 11) is 1.83. The van der Waals surface area contributed by atoms with E-state index in [9.17, 15) is 4.79 Å². The van der Waals surface area contributed by atoms with Crippen molar-refractivity contribution in [3.8, 4) is 0 Å². The number of carbonyl (C=O) groups excluding carboxylic acids is 1. The summed E-state index contributed by atoms with van der Waals surface area (Å²) >= 11 is 0. The maximum atomic E-state index is 11.4. The molecule has 0 bridgehead atoms. The minimum absolute atomic E-state index is 0.144. The largest absolute Gasteiger partial charge is 0.337 e. The molecule has 104 valence electrons. The van der Waals surface area contributed by atoms with Crippen molar-refractivity contribution in [2.45, 2.75) is 55.0 Å². The second kappa shape index (κ2) is 10.8. The van der Waals surface area contributed by atoms with Gasteiger partial charge in [-0.2, -0.15) is 0 Å². The Morgan fingerprint density at radius 1 is 1.00 bits per heavy atom. The Kier molecular flexibility index (Phi) is 11.4. The van der Waals surface area contributed by atoms with Gasteiger partial charge in [-0.25, -0.2) is 0 Å². The third kappa shape index (κ3) is 4.91. The zero-order chi connectivity index (χ0) is 14.7. The Morgan fingerprint density at radius 2 is 1.50 bits per heavy atom. The Hall–Kier alpha value is -1.31. The van der Waals surface area contributed by atoms with E-state index >= 15 is 0 Å². The van der Waals surface area contributed by atoms with E-state index in [0.717, 1.165) is 17.7 Å². The number of aryl methyl sites for hydroxylation is 1. The molecule has 1 aromatic carbocycles. The molecule has 2 rings (SSSR count). The van der Waals surface area contributed by atoms with E-state index < -0.39 is 0 Å². The van der Waals surface area contributed by atoms with Gasteiger partial charge in [-0.05, 0) is 18.6 Å². The monoisotopic (exact) mass is 251 g/mol. The van der Waals surface area contributed by atoms with Gasteiger partial charge in [0.05, 0.1) is 0 Å². The first-order chi connectivity index (χ1) is 8.68. The fourth-order valence-corrected chi connectivity index (χ4v) is 1.59. The van der Waals surface area contributed by atoms with E-state index in [-0.39, 0.29) is 5.91 Å². The summed E-state index contributed by atoms with van der Waals surface area (Å²) in [5.74, 6) is 0.144. The summed E-state index contributed by atoms with van der Waals surface area (Å²) < 4.78 is 0. The molecule has 0 radical (unpaired) electrons. The maximum absolute atomic E-state index is 11.4. The normalized spacial score (nSPS) is 11.1. The van der Waals surface area contributed by atoms with Crippen molar-refractivity contribution in [1.29, 1.82) is 0 Å². The number of nitrogens with zero attached hydrogens (tertiary/aromatic N) is 1. The smallest absolute Gasteiger partial charge is 0.254 e. The van der Waals surface area contributed by atoms with E-state index in [4.69, 9.17) is 0 Å². The van der Waals surface area contributed by atoms with Crippen LogP contribution in [0.2, 0.25) is 0 Å². The molecule has 1 aliphatic heterocycles. The fourth-order valence-electron chi connectivity index (χ4n) is 1.59. The second-order valence-corrected chi connectivity index (χ2v) is 3.32. The first-order valence-corrected chi connectivity index (χ1v) is 7.03. The molecule has 0 N–H and O–H groups in total. The summed E-state index contributed by atoms with van der Waals surface area (Å²) in [5.41, 5.74) is 3.24. The maximum Gasteiger partial charge on any atom is 0.254 e. The molecule has 0 aromatic heterocycles. The van der Waals surface area contributed by atoms with Crippen LogP contribution in [-0.4, -0.2) is 17.9 Å². The third-order valence-corrected chi connectivity index (χ3v) is 2.25. The fraction of sp³-hybridized carbons (Fsp3) is 0.562. The number of hydrogen-bond donors (Lipinski definition) is 0. The highest BCUT2D eigenvalue weighted by Gasteiger charge is 2.23. The number of carbonyl (C=O) groups is 1. The Balaban J connectivity index is 0. The van der Waals surface area contributed by atoms with E-state index in [1.165, 1.54) is 5.56 Å². The summed E-state index contributed by atoms with van der Waals surface area (Å²) in [6.45, 7) is 14.8. The Labute approximate surface area is 113 Å². The Bertz CT molecular complexity index is 345. The minimum atomic E-state index is 0.144. The summed E-state index contributed by atoms with van der Waals surface area (Å²) in [5, 5.41) is 0. The van der Waals surface area contributed by atoms with Crippen LogP contribution in [0.15, 0.2) is 18.2 Å². The lowest BCUT2D eigenvalue weighted by molar-refractivity contribution is 0.0816. The van der Waals surface area contributed by atoms with Crippen molar-refractivity contribution in [1.82, 2.24) is 4.90 Å². The predicted molar refractivity (Wildman–Crippen MR) is 81.0 cm³/mol. The Morgan fingerprint density at radius 3 is 2.00 bits per heavy atom. The van der Waals surface area contributed by atoms with Crippen molar-refractivity contribution < 1.29 is 4.79 Å². The number of rotatable bonds is 0. The molecule has 0 spiro atoms. The van der Waals surface area contributed by atoms with Gasteiger partial charge in [0.25, 0.3) is 5.91 Å². The predicted octanol–water partition coefficient (Wildman–Crippen LogP) is 4.66. The van der Waals surface area contributed by atoms with Crippen molar-refractivity contribution in [3.05, 3.63) is 34.9 Å². The lowest BCUT2D eigenvalue weighted by Crippen LogP contribution is -2.17. The molecule has 0 saturated heterocycles. The molecular formula is C16H29NO. The summed E-state index contributed by atoms with van der Waals surface area (Å²) in [6, 6.07) is 5.98. The van der Waals surface area contributed by atoms with Gasteiger partial charge in [-0.15, -0.1) is 0 Å². The van der Waals surface area contributed by atoms with Crippen LogP contribution in [0.5, 0.6) is 0 Å². The lowest BCUT2D eigenvalue weighted by atomic mass is 10.1. The topological polar surface area (TPSA) is 20.3 Å². The molecule has 0 aliphatic carbocycles. The number of fused-ring (bicyclic) bond motifs is 1. The van der Waals surface area contributed by atoms with Crippen LogP contribution in [-0.2, 0) is 6.54 Å². The first-order valence-electron chi connectivity index (χ1n) is 7.03. The number of amides is 1. The van der Waals surface area contributed by atoms with Crippen LogP contribution < -0.4 is 0 Å². The van der Waals surface area contributed by atoms with Gasteiger partial charge < -0.3 is 4.90 Å². The average Bonchev–Trinajstić information content (AvgIpc) is 2.71. The van der Waals surface area contributed by atoms with Gasteiger partial charge in [0.15, 0.2) is 0 Å². The zero-order valence-corrected chi connectivity index (χ0v) is 13.3. The molecule has 0 atom stereocenters. The van der Waals surface area contributed by atoms with Crippen LogP contribution >= 0.6 is 0 Å². The van der Waals surface area contributed by atoms with Crippen LogP contribution in [0.4, 0.5) is 0 Å². The quantitative estimate of drug-likeness (QED) is 0.656. The average molecular weight is 251 g/mol. The van der Waals surface area contributed by atoms with Gasteiger partial charge in [0.1, 0.15) is 0 Å². The van der Waals surface area contributed by atoms with E-state index in [0.29, 0.717) is 0 Å². The van der Waals surface area contributed by atoms with Gasteiger partial charge >= 0.3 is 0 Å². The summed E-state index contributed by atoms with van der Waals surface area (Å²) in [6.07, 6.45) is 0. The van der Waals surface area contributed by atoms with E-state index in [1.54, 1.807) is 4.90 Å². The van der Waals surface area contributed by atoms with Crippen molar-refractivity contribution >= 4 is 5.91 Å². The SMILES string of the molecule is CC.CC.CC.Cc1ccc2c(c1)CN(C)C2=O.